The SMILES string of the molecule is Nc1ccc(CCc2nc3cc(Br)ccc3s2)cc1. The molecule has 0 radical (unpaired) electrons. The van der Waals surface area contributed by atoms with Crippen molar-refractivity contribution in [1.29, 1.82) is 0 Å². The Morgan fingerprint density at radius 2 is 1.84 bits per heavy atom. The van der Waals surface area contributed by atoms with Gasteiger partial charge < -0.3 is 5.73 Å². The van der Waals surface area contributed by atoms with Crippen molar-refractivity contribution in [2.24, 2.45) is 0 Å². The summed E-state index contributed by atoms with van der Waals surface area (Å²) in [4.78, 5) is 4.67. The minimum absolute atomic E-state index is 0.814. The normalized spacial score (nSPS) is 11.0. The van der Waals surface area contributed by atoms with E-state index in [1.165, 1.54) is 15.3 Å². The van der Waals surface area contributed by atoms with Gasteiger partial charge in [-0.05, 0) is 42.3 Å². The van der Waals surface area contributed by atoms with Gasteiger partial charge in [-0.3, -0.25) is 0 Å². The molecule has 0 aliphatic carbocycles. The molecule has 4 heteroatoms. The van der Waals surface area contributed by atoms with E-state index in [1.807, 2.05) is 12.1 Å². The number of aryl methyl sites for hydroxylation is 2. The van der Waals surface area contributed by atoms with Gasteiger partial charge in [-0.2, -0.15) is 0 Å². The lowest BCUT2D eigenvalue weighted by Gasteiger charge is -1.99. The summed E-state index contributed by atoms with van der Waals surface area (Å²) in [6.45, 7) is 0. The molecule has 3 aromatic rings. The van der Waals surface area contributed by atoms with Crippen molar-refractivity contribution >= 4 is 43.2 Å². The van der Waals surface area contributed by atoms with E-state index in [4.69, 9.17) is 5.73 Å². The van der Waals surface area contributed by atoms with Gasteiger partial charge in [0.15, 0.2) is 0 Å². The van der Waals surface area contributed by atoms with E-state index in [2.05, 4.69) is 51.2 Å². The van der Waals surface area contributed by atoms with Gasteiger partial charge in [-0.1, -0.05) is 28.1 Å². The zero-order valence-corrected chi connectivity index (χ0v) is 12.7. The molecular formula is C15H13BrN2S. The summed E-state index contributed by atoms with van der Waals surface area (Å²) in [5.74, 6) is 0. The minimum atomic E-state index is 0.814. The Morgan fingerprint density at radius 1 is 1.05 bits per heavy atom. The quantitative estimate of drug-likeness (QED) is 0.720. The maximum absolute atomic E-state index is 5.68. The number of halogens is 1. The molecule has 0 saturated carbocycles. The minimum Gasteiger partial charge on any atom is -0.399 e. The lowest BCUT2D eigenvalue weighted by molar-refractivity contribution is 0.949. The van der Waals surface area contributed by atoms with Crippen LogP contribution in [0.15, 0.2) is 46.9 Å². The van der Waals surface area contributed by atoms with Gasteiger partial charge in [-0.25, -0.2) is 4.98 Å². The first-order chi connectivity index (χ1) is 9.20. The van der Waals surface area contributed by atoms with Crippen molar-refractivity contribution in [3.05, 3.63) is 57.5 Å². The first kappa shape index (κ1) is 12.6. The Bertz CT molecular complexity index is 704. The molecule has 2 nitrogen and oxygen atoms in total. The Kier molecular flexibility index (Phi) is 3.53. The van der Waals surface area contributed by atoms with Crippen molar-refractivity contribution in [3.8, 4) is 0 Å². The van der Waals surface area contributed by atoms with Crippen LogP contribution in [0.1, 0.15) is 10.6 Å². The highest BCUT2D eigenvalue weighted by molar-refractivity contribution is 9.10. The van der Waals surface area contributed by atoms with Crippen molar-refractivity contribution in [2.45, 2.75) is 12.8 Å². The second-order valence-corrected chi connectivity index (χ2v) is 6.49. The van der Waals surface area contributed by atoms with Crippen LogP contribution in [0.2, 0.25) is 0 Å². The first-order valence-electron chi connectivity index (χ1n) is 6.10. The monoisotopic (exact) mass is 332 g/mol. The number of fused-ring (bicyclic) bond motifs is 1. The highest BCUT2D eigenvalue weighted by Gasteiger charge is 2.04. The standard InChI is InChI=1S/C15H13BrN2S/c16-11-4-7-14-13(9-11)18-15(19-14)8-3-10-1-5-12(17)6-2-10/h1-2,4-7,9H,3,8,17H2. The predicted molar refractivity (Wildman–Crippen MR) is 85.6 cm³/mol. The van der Waals surface area contributed by atoms with Gasteiger partial charge in [0, 0.05) is 16.6 Å². The molecule has 19 heavy (non-hydrogen) atoms. The van der Waals surface area contributed by atoms with E-state index in [-0.39, 0.29) is 0 Å². The average Bonchev–Trinajstić information content (AvgIpc) is 2.80. The number of hydrogen-bond acceptors (Lipinski definition) is 3. The number of nitrogens with zero attached hydrogens (tertiary/aromatic N) is 1. The summed E-state index contributed by atoms with van der Waals surface area (Å²) in [6, 6.07) is 14.3. The van der Waals surface area contributed by atoms with Crippen LogP contribution in [-0.2, 0) is 12.8 Å². The van der Waals surface area contributed by atoms with Gasteiger partial charge in [-0.15, -0.1) is 11.3 Å². The number of benzene rings is 2. The fraction of sp³-hybridized carbons (Fsp3) is 0.133. The largest absolute Gasteiger partial charge is 0.399 e. The Hall–Kier alpha value is -1.39. The number of anilines is 1. The summed E-state index contributed by atoms with van der Waals surface area (Å²) < 4.78 is 2.32. The van der Waals surface area contributed by atoms with Crippen molar-refractivity contribution < 1.29 is 0 Å². The third-order valence-electron chi connectivity index (χ3n) is 3.00. The van der Waals surface area contributed by atoms with Gasteiger partial charge in [0.1, 0.15) is 0 Å². The molecule has 0 spiro atoms. The van der Waals surface area contributed by atoms with Crippen LogP contribution in [0.3, 0.4) is 0 Å². The van der Waals surface area contributed by atoms with Crippen molar-refractivity contribution in [3.63, 3.8) is 0 Å². The number of nitrogen functional groups attached to an aromatic ring is 1. The lowest BCUT2D eigenvalue weighted by Crippen LogP contribution is -1.91. The van der Waals surface area contributed by atoms with Crippen LogP contribution < -0.4 is 5.73 Å². The molecule has 0 aliphatic heterocycles. The fourth-order valence-electron chi connectivity index (χ4n) is 1.99. The molecular weight excluding hydrogens is 320 g/mol. The topological polar surface area (TPSA) is 38.9 Å². The third kappa shape index (κ3) is 2.96. The molecule has 0 atom stereocenters. The molecule has 96 valence electrons. The van der Waals surface area contributed by atoms with Gasteiger partial charge in [0.25, 0.3) is 0 Å². The number of thiazole rings is 1. The predicted octanol–water partition coefficient (Wildman–Crippen LogP) is 4.43. The molecule has 1 heterocycles. The molecule has 2 aromatic carbocycles. The molecule has 0 fully saturated rings. The Labute approximate surface area is 124 Å². The van der Waals surface area contributed by atoms with Crippen LogP contribution in [-0.4, -0.2) is 4.98 Å². The number of hydrogen-bond donors (Lipinski definition) is 1. The van der Waals surface area contributed by atoms with Crippen LogP contribution in [0, 0.1) is 0 Å². The number of rotatable bonds is 3. The second-order valence-electron chi connectivity index (χ2n) is 4.46. The van der Waals surface area contributed by atoms with Crippen LogP contribution in [0.25, 0.3) is 10.2 Å². The number of nitrogens with two attached hydrogens (primary N) is 1. The van der Waals surface area contributed by atoms with Crippen LogP contribution in [0.5, 0.6) is 0 Å². The first-order valence-corrected chi connectivity index (χ1v) is 7.71. The van der Waals surface area contributed by atoms with Crippen molar-refractivity contribution in [1.82, 2.24) is 4.98 Å². The van der Waals surface area contributed by atoms with E-state index < -0.39 is 0 Å². The van der Waals surface area contributed by atoms with E-state index in [9.17, 15) is 0 Å². The van der Waals surface area contributed by atoms with E-state index in [0.717, 1.165) is 28.5 Å². The summed E-state index contributed by atoms with van der Waals surface area (Å²) in [5, 5.41) is 1.19. The maximum Gasteiger partial charge on any atom is 0.0941 e. The smallest absolute Gasteiger partial charge is 0.0941 e. The second kappa shape index (κ2) is 5.31. The lowest BCUT2D eigenvalue weighted by atomic mass is 10.1. The van der Waals surface area contributed by atoms with Gasteiger partial charge in [0.05, 0.1) is 15.2 Å². The van der Waals surface area contributed by atoms with Gasteiger partial charge in [0.2, 0.25) is 0 Å². The van der Waals surface area contributed by atoms with E-state index in [0.29, 0.717) is 0 Å². The zero-order valence-electron chi connectivity index (χ0n) is 10.3. The Balaban J connectivity index is 1.76. The summed E-state index contributed by atoms with van der Waals surface area (Å²) >= 11 is 5.25. The fourth-order valence-corrected chi connectivity index (χ4v) is 3.29. The molecule has 0 unspecified atom stereocenters. The molecule has 0 aliphatic rings. The van der Waals surface area contributed by atoms with Crippen LogP contribution >= 0.6 is 27.3 Å². The van der Waals surface area contributed by atoms with Crippen LogP contribution in [0.4, 0.5) is 5.69 Å². The van der Waals surface area contributed by atoms with Crippen molar-refractivity contribution in [2.75, 3.05) is 5.73 Å². The van der Waals surface area contributed by atoms with E-state index in [1.54, 1.807) is 11.3 Å². The summed E-state index contributed by atoms with van der Waals surface area (Å²) in [5.41, 5.74) is 8.87. The zero-order chi connectivity index (χ0) is 13.2. The highest BCUT2D eigenvalue weighted by atomic mass is 79.9. The molecule has 0 bridgehead atoms. The molecule has 3 rings (SSSR count). The molecule has 0 amide bonds. The maximum atomic E-state index is 5.68. The molecule has 0 saturated heterocycles. The van der Waals surface area contributed by atoms with Gasteiger partial charge >= 0.3 is 0 Å². The molecule has 1 aromatic heterocycles. The third-order valence-corrected chi connectivity index (χ3v) is 4.59. The highest BCUT2D eigenvalue weighted by Crippen LogP contribution is 2.26. The van der Waals surface area contributed by atoms with E-state index >= 15 is 0 Å². The summed E-state index contributed by atoms with van der Waals surface area (Å²) in [7, 11) is 0. The Morgan fingerprint density at radius 3 is 2.63 bits per heavy atom. The summed E-state index contributed by atoms with van der Waals surface area (Å²) in [6.07, 6.45) is 1.97. The molecule has 2 N–H and O–H groups in total. The average molecular weight is 333 g/mol. The number of aromatic nitrogens is 1.